The monoisotopic (exact) mass is 291 g/mol. The Bertz CT molecular complexity index is 755. The molecule has 0 aromatic heterocycles. The SMILES string of the molecule is C=C1c2ccc(N)cc2N=C(C(C)C)N1c1ccc(C)cc1. The van der Waals surface area contributed by atoms with E-state index in [0.717, 1.165) is 34.2 Å². The van der Waals surface area contributed by atoms with Crippen LogP contribution in [0.5, 0.6) is 0 Å². The molecule has 0 saturated carbocycles. The van der Waals surface area contributed by atoms with Gasteiger partial charge < -0.3 is 5.73 Å². The van der Waals surface area contributed by atoms with Crippen molar-refractivity contribution in [1.29, 1.82) is 0 Å². The highest BCUT2D eigenvalue weighted by molar-refractivity contribution is 6.13. The van der Waals surface area contributed by atoms with Crippen LogP contribution in [0, 0.1) is 12.8 Å². The number of hydrogen-bond acceptors (Lipinski definition) is 3. The fourth-order valence-corrected chi connectivity index (χ4v) is 2.69. The topological polar surface area (TPSA) is 41.6 Å². The van der Waals surface area contributed by atoms with Crippen molar-refractivity contribution in [3.05, 3.63) is 60.2 Å². The van der Waals surface area contributed by atoms with E-state index in [1.165, 1.54) is 5.56 Å². The number of nitrogen functional groups attached to an aromatic ring is 1. The van der Waals surface area contributed by atoms with E-state index in [9.17, 15) is 0 Å². The van der Waals surface area contributed by atoms with Crippen LogP contribution in [0.2, 0.25) is 0 Å². The number of aryl methyl sites for hydroxylation is 1. The Morgan fingerprint density at radius 3 is 2.41 bits per heavy atom. The second-order valence-electron chi connectivity index (χ2n) is 6.02. The molecule has 0 saturated heterocycles. The number of nitrogens with zero attached hydrogens (tertiary/aromatic N) is 2. The maximum Gasteiger partial charge on any atom is 0.116 e. The molecule has 2 aromatic rings. The summed E-state index contributed by atoms with van der Waals surface area (Å²) in [4.78, 5) is 6.98. The van der Waals surface area contributed by atoms with E-state index < -0.39 is 0 Å². The summed E-state index contributed by atoms with van der Waals surface area (Å²) in [6, 6.07) is 14.2. The fraction of sp³-hybridized carbons (Fsp3) is 0.211. The van der Waals surface area contributed by atoms with Gasteiger partial charge in [-0.25, -0.2) is 4.99 Å². The molecular formula is C19H21N3. The molecule has 0 aliphatic carbocycles. The van der Waals surface area contributed by atoms with Gasteiger partial charge >= 0.3 is 0 Å². The molecule has 1 aliphatic rings. The van der Waals surface area contributed by atoms with Crippen LogP contribution in [0.4, 0.5) is 17.1 Å². The first-order chi connectivity index (χ1) is 10.5. The molecular weight excluding hydrogens is 270 g/mol. The highest BCUT2D eigenvalue weighted by atomic mass is 15.2. The van der Waals surface area contributed by atoms with Crippen molar-refractivity contribution in [2.24, 2.45) is 10.9 Å². The Labute approximate surface area is 131 Å². The van der Waals surface area contributed by atoms with Crippen molar-refractivity contribution in [3.8, 4) is 0 Å². The Kier molecular flexibility index (Phi) is 3.49. The summed E-state index contributed by atoms with van der Waals surface area (Å²) in [5, 5.41) is 0. The van der Waals surface area contributed by atoms with Gasteiger partial charge in [-0.3, -0.25) is 4.90 Å². The first-order valence-electron chi connectivity index (χ1n) is 7.51. The van der Waals surface area contributed by atoms with Crippen LogP contribution in [-0.4, -0.2) is 5.84 Å². The number of fused-ring (bicyclic) bond motifs is 1. The minimum atomic E-state index is 0.285. The fourth-order valence-electron chi connectivity index (χ4n) is 2.69. The third-order valence-corrected chi connectivity index (χ3v) is 3.88. The lowest BCUT2D eigenvalue weighted by Gasteiger charge is -2.34. The summed E-state index contributed by atoms with van der Waals surface area (Å²) in [5.74, 6) is 1.28. The van der Waals surface area contributed by atoms with Crippen LogP contribution in [0.25, 0.3) is 5.70 Å². The van der Waals surface area contributed by atoms with E-state index >= 15 is 0 Å². The first kappa shape index (κ1) is 14.4. The molecule has 0 unspecified atom stereocenters. The molecule has 2 N–H and O–H groups in total. The van der Waals surface area contributed by atoms with E-state index in [2.05, 4.69) is 56.5 Å². The van der Waals surface area contributed by atoms with E-state index in [4.69, 9.17) is 10.7 Å². The van der Waals surface area contributed by atoms with Gasteiger partial charge in [0, 0.05) is 28.6 Å². The van der Waals surface area contributed by atoms with Crippen LogP contribution in [0.1, 0.15) is 25.0 Å². The molecule has 1 aliphatic heterocycles. The number of benzene rings is 2. The van der Waals surface area contributed by atoms with Gasteiger partial charge in [-0.05, 0) is 37.3 Å². The largest absolute Gasteiger partial charge is 0.399 e. The van der Waals surface area contributed by atoms with Gasteiger partial charge in [-0.15, -0.1) is 0 Å². The molecule has 2 aromatic carbocycles. The summed E-state index contributed by atoms with van der Waals surface area (Å²) in [6.07, 6.45) is 0. The average Bonchev–Trinajstić information content (AvgIpc) is 2.48. The lowest BCUT2D eigenvalue weighted by atomic mass is 10.0. The third-order valence-electron chi connectivity index (χ3n) is 3.88. The number of amidine groups is 1. The van der Waals surface area contributed by atoms with Gasteiger partial charge in [0.2, 0.25) is 0 Å². The summed E-state index contributed by atoms with van der Waals surface area (Å²) >= 11 is 0. The Morgan fingerprint density at radius 2 is 1.77 bits per heavy atom. The summed E-state index contributed by atoms with van der Waals surface area (Å²) in [6.45, 7) is 10.7. The molecule has 0 spiro atoms. The average molecular weight is 291 g/mol. The Balaban J connectivity index is 2.16. The van der Waals surface area contributed by atoms with E-state index in [1.807, 2.05) is 18.2 Å². The zero-order valence-electron chi connectivity index (χ0n) is 13.3. The third kappa shape index (κ3) is 2.39. The molecule has 22 heavy (non-hydrogen) atoms. The predicted molar refractivity (Wildman–Crippen MR) is 95.5 cm³/mol. The number of rotatable bonds is 2. The van der Waals surface area contributed by atoms with Crippen molar-refractivity contribution in [3.63, 3.8) is 0 Å². The molecule has 0 atom stereocenters. The molecule has 1 heterocycles. The maximum absolute atomic E-state index is 5.90. The van der Waals surface area contributed by atoms with Crippen molar-refractivity contribution >= 4 is 28.6 Å². The van der Waals surface area contributed by atoms with Crippen molar-refractivity contribution in [2.45, 2.75) is 20.8 Å². The number of aliphatic imine (C=N–C) groups is 1. The number of nitrogens with two attached hydrogens (primary N) is 1. The van der Waals surface area contributed by atoms with Crippen LogP contribution < -0.4 is 10.6 Å². The summed E-state index contributed by atoms with van der Waals surface area (Å²) in [5.41, 5.74) is 11.8. The number of anilines is 2. The van der Waals surface area contributed by atoms with Crippen molar-refractivity contribution < 1.29 is 0 Å². The van der Waals surface area contributed by atoms with Crippen LogP contribution >= 0.6 is 0 Å². The smallest absolute Gasteiger partial charge is 0.116 e. The van der Waals surface area contributed by atoms with Gasteiger partial charge in [0.05, 0.1) is 5.69 Å². The highest BCUT2D eigenvalue weighted by Crippen LogP contribution is 2.38. The van der Waals surface area contributed by atoms with Crippen LogP contribution in [-0.2, 0) is 0 Å². The predicted octanol–water partition coefficient (Wildman–Crippen LogP) is 4.75. The zero-order valence-corrected chi connectivity index (χ0v) is 13.3. The van der Waals surface area contributed by atoms with Crippen molar-refractivity contribution in [2.75, 3.05) is 10.6 Å². The Morgan fingerprint density at radius 1 is 1.09 bits per heavy atom. The lowest BCUT2D eigenvalue weighted by molar-refractivity contribution is 0.863. The van der Waals surface area contributed by atoms with E-state index in [-0.39, 0.29) is 5.92 Å². The first-order valence-corrected chi connectivity index (χ1v) is 7.51. The minimum Gasteiger partial charge on any atom is -0.399 e. The maximum atomic E-state index is 5.90. The second kappa shape index (κ2) is 5.34. The molecule has 112 valence electrons. The van der Waals surface area contributed by atoms with Gasteiger partial charge in [0.1, 0.15) is 5.84 Å². The number of hydrogen-bond donors (Lipinski definition) is 1. The summed E-state index contributed by atoms with van der Waals surface area (Å²) < 4.78 is 0. The van der Waals surface area contributed by atoms with Gasteiger partial charge in [0.25, 0.3) is 0 Å². The summed E-state index contributed by atoms with van der Waals surface area (Å²) in [7, 11) is 0. The quantitative estimate of drug-likeness (QED) is 0.811. The van der Waals surface area contributed by atoms with Crippen LogP contribution in [0.15, 0.2) is 54.0 Å². The zero-order chi connectivity index (χ0) is 15.9. The normalized spacial score (nSPS) is 14.1. The minimum absolute atomic E-state index is 0.285. The second-order valence-corrected chi connectivity index (χ2v) is 6.02. The van der Waals surface area contributed by atoms with Gasteiger partial charge in [0.15, 0.2) is 0 Å². The molecule has 0 amide bonds. The van der Waals surface area contributed by atoms with E-state index in [1.54, 1.807) is 0 Å². The molecule has 3 nitrogen and oxygen atoms in total. The lowest BCUT2D eigenvalue weighted by Crippen LogP contribution is -2.34. The molecule has 0 fully saturated rings. The van der Waals surface area contributed by atoms with Crippen LogP contribution in [0.3, 0.4) is 0 Å². The highest BCUT2D eigenvalue weighted by Gasteiger charge is 2.26. The molecule has 3 heteroatoms. The van der Waals surface area contributed by atoms with Gasteiger partial charge in [-0.2, -0.15) is 0 Å². The Hall–Kier alpha value is -2.55. The molecule has 0 radical (unpaired) electrons. The standard InChI is InChI=1S/C19H21N3/c1-12(2)19-21-18-11-15(20)7-10-17(18)14(4)22(19)16-8-5-13(3)6-9-16/h5-12H,4,20H2,1-3H3. The van der Waals surface area contributed by atoms with Crippen molar-refractivity contribution in [1.82, 2.24) is 0 Å². The molecule has 0 bridgehead atoms. The van der Waals surface area contributed by atoms with E-state index in [0.29, 0.717) is 0 Å². The van der Waals surface area contributed by atoms with Gasteiger partial charge in [-0.1, -0.05) is 38.1 Å². The molecule has 3 rings (SSSR count).